The molecule has 1 aliphatic rings. The molecule has 1 aliphatic heterocycles. The third kappa shape index (κ3) is 3.21. The van der Waals surface area contributed by atoms with Crippen LogP contribution in [0.3, 0.4) is 0 Å². The van der Waals surface area contributed by atoms with Gasteiger partial charge in [0.15, 0.2) is 0 Å². The Bertz CT molecular complexity index is 262. The molecule has 0 spiro atoms. The van der Waals surface area contributed by atoms with Crippen molar-refractivity contribution in [2.24, 2.45) is 5.41 Å². The van der Waals surface area contributed by atoms with Gasteiger partial charge in [-0.1, -0.05) is 6.92 Å². The highest BCUT2D eigenvalue weighted by Crippen LogP contribution is 2.31. The number of hydrogen-bond acceptors (Lipinski definition) is 3. The molecular formula is C11H18N2O2. The van der Waals surface area contributed by atoms with Gasteiger partial charge in [0.2, 0.25) is 5.91 Å². The van der Waals surface area contributed by atoms with Crippen molar-refractivity contribution in [3.63, 3.8) is 0 Å². The summed E-state index contributed by atoms with van der Waals surface area (Å²) in [6.07, 6.45) is 1.91. The molecule has 4 heteroatoms. The number of hydrogen-bond donors (Lipinski definition) is 0. The van der Waals surface area contributed by atoms with Crippen molar-refractivity contribution >= 4 is 5.91 Å². The van der Waals surface area contributed by atoms with E-state index in [1.54, 1.807) is 12.0 Å². The summed E-state index contributed by atoms with van der Waals surface area (Å²) in [6, 6.07) is 1.89. The predicted octanol–water partition coefficient (Wildman–Crippen LogP) is 1.18. The van der Waals surface area contributed by atoms with Crippen molar-refractivity contribution in [3.05, 3.63) is 0 Å². The molecule has 0 N–H and O–H groups in total. The van der Waals surface area contributed by atoms with Crippen LogP contribution in [0.2, 0.25) is 0 Å². The number of nitriles is 1. The average Bonchev–Trinajstić information content (AvgIpc) is 2.19. The van der Waals surface area contributed by atoms with Crippen LogP contribution in [0.15, 0.2) is 0 Å². The molecule has 0 atom stereocenters. The quantitative estimate of drug-likeness (QED) is 0.702. The van der Waals surface area contributed by atoms with E-state index in [4.69, 9.17) is 10.00 Å². The van der Waals surface area contributed by atoms with Gasteiger partial charge in [-0.05, 0) is 18.3 Å². The zero-order valence-corrected chi connectivity index (χ0v) is 9.45. The molecule has 0 saturated carbocycles. The topological polar surface area (TPSA) is 53.3 Å². The van der Waals surface area contributed by atoms with Gasteiger partial charge in [-0.15, -0.1) is 0 Å². The molecule has 0 aromatic rings. The van der Waals surface area contributed by atoms with Gasteiger partial charge in [0.1, 0.15) is 6.42 Å². The second-order valence-corrected chi connectivity index (χ2v) is 4.46. The summed E-state index contributed by atoms with van der Waals surface area (Å²) < 4.78 is 5.17. The first-order valence-electron chi connectivity index (χ1n) is 5.25. The van der Waals surface area contributed by atoms with Crippen LogP contribution in [0, 0.1) is 16.7 Å². The summed E-state index contributed by atoms with van der Waals surface area (Å²) in [6.45, 7) is 4.43. The smallest absolute Gasteiger partial charge is 0.236 e. The number of likely N-dealkylation sites (tertiary alicyclic amines) is 1. The lowest BCUT2D eigenvalue weighted by Crippen LogP contribution is -2.43. The van der Waals surface area contributed by atoms with Gasteiger partial charge < -0.3 is 9.64 Å². The van der Waals surface area contributed by atoms with Crippen LogP contribution in [0.5, 0.6) is 0 Å². The van der Waals surface area contributed by atoms with E-state index in [1.807, 2.05) is 6.07 Å². The van der Waals surface area contributed by atoms with Gasteiger partial charge in [-0.3, -0.25) is 4.79 Å². The van der Waals surface area contributed by atoms with Crippen molar-refractivity contribution in [2.45, 2.75) is 26.2 Å². The number of rotatable bonds is 3. The van der Waals surface area contributed by atoms with Gasteiger partial charge in [0, 0.05) is 20.2 Å². The second-order valence-electron chi connectivity index (χ2n) is 4.46. The van der Waals surface area contributed by atoms with Gasteiger partial charge in [0.25, 0.3) is 0 Å². The first kappa shape index (κ1) is 12.0. The maximum Gasteiger partial charge on any atom is 0.236 e. The Balaban J connectivity index is 2.42. The first-order valence-corrected chi connectivity index (χ1v) is 5.25. The fourth-order valence-electron chi connectivity index (χ4n) is 1.97. The maximum absolute atomic E-state index is 11.4. The Hall–Kier alpha value is -1.08. The zero-order chi connectivity index (χ0) is 11.3. The Kier molecular flexibility index (Phi) is 4.10. The maximum atomic E-state index is 11.4. The lowest BCUT2D eigenvalue weighted by atomic mass is 9.81. The highest BCUT2D eigenvalue weighted by atomic mass is 16.5. The molecule has 1 amide bonds. The molecular weight excluding hydrogens is 192 g/mol. The Labute approximate surface area is 90.8 Å². The van der Waals surface area contributed by atoms with E-state index in [0.717, 1.165) is 32.5 Å². The predicted molar refractivity (Wildman–Crippen MR) is 56.0 cm³/mol. The first-order chi connectivity index (χ1) is 7.11. The average molecular weight is 210 g/mol. The van der Waals surface area contributed by atoms with E-state index in [2.05, 4.69) is 6.92 Å². The summed E-state index contributed by atoms with van der Waals surface area (Å²) in [5, 5.41) is 8.44. The zero-order valence-electron chi connectivity index (χ0n) is 9.45. The number of methoxy groups -OCH3 is 1. The normalized spacial score (nSPS) is 19.7. The minimum atomic E-state index is -0.0445. The third-order valence-corrected chi connectivity index (χ3v) is 3.05. The van der Waals surface area contributed by atoms with Crippen molar-refractivity contribution in [3.8, 4) is 6.07 Å². The van der Waals surface area contributed by atoms with E-state index in [1.165, 1.54) is 0 Å². The summed E-state index contributed by atoms with van der Waals surface area (Å²) in [5.74, 6) is -0.0445. The Morgan fingerprint density at radius 3 is 2.60 bits per heavy atom. The number of ether oxygens (including phenoxy) is 1. The molecule has 1 rings (SSSR count). The molecule has 0 aromatic heterocycles. The van der Waals surface area contributed by atoms with Crippen molar-refractivity contribution in [2.75, 3.05) is 26.8 Å². The van der Waals surface area contributed by atoms with Crippen LogP contribution in [0.25, 0.3) is 0 Å². The lowest BCUT2D eigenvalue weighted by molar-refractivity contribution is -0.132. The molecule has 0 aliphatic carbocycles. The fraction of sp³-hybridized carbons (Fsp3) is 0.818. The number of carbonyl (C=O) groups excluding carboxylic acids is 1. The number of carbonyl (C=O) groups is 1. The molecule has 15 heavy (non-hydrogen) atoms. The lowest BCUT2D eigenvalue weighted by Gasteiger charge is -2.38. The van der Waals surface area contributed by atoms with E-state index < -0.39 is 0 Å². The van der Waals surface area contributed by atoms with E-state index >= 15 is 0 Å². The van der Waals surface area contributed by atoms with E-state index in [0.29, 0.717) is 0 Å². The highest BCUT2D eigenvalue weighted by molar-refractivity contribution is 5.78. The minimum absolute atomic E-state index is 0.000984. The Morgan fingerprint density at radius 2 is 2.13 bits per heavy atom. The summed E-state index contributed by atoms with van der Waals surface area (Å²) >= 11 is 0. The van der Waals surface area contributed by atoms with E-state index in [-0.39, 0.29) is 17.7 Å². The van der Waals surface area contributed by atoms with Crippen LogP contribution in [0.1, 0.15) is 26.2 Å². The summed E-state index contributed by atoms with van der Waals surface area (Å²) in [5.41, 5.74) is 0.193. The number of nitrogens with zero attached hydrogens (tertiary/aromatic N) is 2. The third-order valence-electron chi connectivity index (χ3n) is 3.05. The second kappa shape index (κ2) is 5.13. The van der Waals surface area contributed by atoms with Crippen LogP contribution in [-0.4, -0.2) is 37.6 Å². The fourth-order valence-corrected chi connectivity index (χ4v) is 1.97. The van der Waals surface area contributed by atoms with Crippen molar-refractivity contribution < 1.29 is 9.53 Å². The summed E-state index contributed by atoms with van der Waals surface area (Å²) in [4.78, 5) is 13.2. The highest BCUT2D eigenvalue weighted by Gasteiger charge is 2.31. The monoisotopic (exact) mass is 210 g/mol. The van der Waals surface area contributed by atoms with Crippen molar-refractivity contribution in [1.29, 1.82) is 5.26 Å². The van der Waals surface area contributed by atoms with E-state index in [9.17, 15) is 4.79 Å². The van der Waals surface area contributed by atoms with Gasteiger partial charge in [0.05, 0.1) is 12.7 Å². The van der Waals surface area contributed by atoms with Gasteiger partial charge in [-0.2, -0.15) is 5.26 Å². The van der Waals surface area contributed by atoms with Gasteiger partial charge >= 0.3 is 0 Å². The molecule has 0 radical (unpaired) electrons. The molecule has 0 aromatic carbocycles. The number of piperidine rings is 1. The summed E-state index contributed by atoms with van der Waals surface area (Å²) in [7, 11) is 1.71. The van der Waals surface area contributed by atoms with Crippen LogP contribution in [-0.2, 0) is 9.53 Å². The molecule has 1 fully saturated rings. The molecule has 84 valence electrons. The van der Waals surface area contributed by atoms with Crippen LogP contribution in [0.4, 0.5) is 0 Å². The Morgan fingerprint density at radius 1 is 1.53 bits per heavy atom. The largest absolute Gasteiger partial charge is 0.384 e. The minimum Gasteiger partial charge on any atom is -0.384 e. The SMILES string of the molecule is COCC1(C)CCN(C(=O)CC#N)CC1. The molecule has 1 heterocycles. The molecule has 0 bridgehead atoms. The van der Waals surface area contributed by atoms with Crippen molar-refractivity contribution in [1.82, 2.24) is 4.90 Å². The standard InChI is InChI=1S/C11H18N2O2/c1-11(9-15-2)4-7-13(8-5-11)10(14)3-6-12/h3-5,7-9H2,1-2H3. The molecule has 4 nitrogen and oxygen atoms in total. The van der Waals surface area contributed by atoms with Gasteiger partial charge in [-0.25, -0.2) is 0 Å². The van der Waals surface area contributed by atoms with Crippen LogP contribution >= 0.6 is 0 Å². The number of amides is 1. The van der Waals surface area contributed by atoms with Crippen LogP contribution < -0.4 is 0 Å². The molecule has 0 unspecified atom stereocenters. The molecule has 1 saturated heterocycles.